The van der Waals surface area contributed by atoms with E-state index in [0.717, 1.165) is 11.8 Å². The lowest BCUT2D eigenvalue weighted by Gasteiger charge is -2.30. The molecule has 0 N–H and O–H groups in total. The Morgan fingerprint density at radius 3 is 2.85 bits per heavy atom. The normalized spacial score (nSPS) is 25.1. The van der Waals surface area contributed by atoms with E-state index in [9.17, 15) is 18.0 Å². The van der Waals surface area contributed by atoms with E-state index in [1.165, 1.54) is 16.1 Å². The van der Waals surface area contributed by atoms with Crippen molar-refractivity contribution in [1.82, 2.24) is 9.80 Å². The van der Waals surface area contributed by atoms with Crippen molar-refractivity contribution in [3.05, 3.63) is 29.1 Å². The van der Waals surface area contributed by atoms with Crippen molar-refractivity contribution in [1.29, 1.82) is 0 Å². The highest BCUT2D eigenvalue weighted by Gasteiger charge is 2.41. The van der Waals surface area contributed by atoms with Crippen LogP contribution in [0.15, 0.2) is 27.7 Å². The molecule has 3 heterocycles. The third-order valence-electron chi connectivity index (χ3n) is 4.49. The van der Waals surface area contributed by atoms with Crippen LogP contribution in [0.3, 0.4) is 0 Å². The Hall–Kier alpha value is -1.65. The van der Waals surface area contributed by atoms with Gasteiger partial charge in [0.15, 0.2) is 9.84 Å². The van der Waals surface area contributed by atoms with Crippen molar-refractivity contribution in [2.75, 3.05) is 18.6 Å². The topological polar surface area (TPSA) is 87.9 Å². The van der Waals surface area contributed by atoms with Gasteiger partial charge in [-0.2, -0.15) is 0 Å². The molecule has 0 saturated carbocycles. The molecule has 26 heavy (non-hydrogen) atoms. The molecule has 0 unspecified atom stereocenters. The van der Waals surface area contributed by atoms with Crippen LogP contribution in [-0.2, 0) is 19.4 Å². The summed E-state index contributed by atoms with van der Waals surface area (Å²) in [6.07, 6.45) is 3.50. The van der Waals surface area contributed by atoms with Crippen LogP contribution in [0, 0.1) is 0 Å². The molecular weight excluding hydrogens is 396 g/mol. The molecule has 1 aromatic rings. The van der Waals surface area contributed by atoms with Gasteiger partial charge in [-0.3, -0.25) is 14.5 Å². The van der Waals surface area contributed by atoms with Gasteiger partial charge in [0.05, 0.1) is 22.7 Å². The van der Waals surface area contributed by atoms with E-state index >= 15 is 0 Å². The fraction of sp³-hybridized carbons (Fsp3) is 0.438. The molecule has 0 radical (unpaired) electrons. The van der Waals surface area contributed by atoms with Crippen molar-refractivity contribution in [2.45, 2.75) is 25.4 Å². The van der Waals surface area contributed by atoms with Crippen LogP contribution in [-0.4, -0.2) is 65.0 Å². The van der Waals surface area contributed by atoms with Crippen molar-refractivity contribution >= 4 is 56.0 Å². The molecule has 2 amide bonds. The first-order valence-corrected chi connectivity index (χ1v) is 11.0. The third kappa shape index (κ3) is 3.72. The Morgan fingerprint density at radius 2 is 2.27 bits per heavy atom. The standard InChI is InChI=1S/C16H18N2O5S3/c1-10(14(19)17(2)11-5-7-26(21,22)9-11)18-15(20)13(25-16(18)24)8-12-4-3-6-23-12/h3-4,6,8,10-11H,5,7,9H2,1-2H3/b13-8+/t10-,11+/m1/s1. The average Bonchev–Trinajstić information content (AvgIpc) is 3.27. The summed E-state index contributed by atoms with van der Waals surface area (Å²) >= 11 is 6.39. The minimum atomic E-state index is -3.10. The number of thioether (sulfide) groups is 1. The quantitative estimate of drug-likeness (QED) is 0.545. The number of thiocarbonyl (C=S) groups is 1. The van der Waals surface area contributed by atoms with Crippen molar-refractivity contribution < 1.29 is 22.4 Å². The first-order valence-electron chi connectivity index (χ1n) is 7.97. The van der Waals surface area contributed by atoms with E-state index in [4.69, 9.17) is 16.6 Å². The second-order valence-corrected chi connectivity index (χ2v) is 10.2. The highest BCUT2D eigenvalue weighted by atomic mass is 32.2. The Bertz CT molecular complexity index is 876. The van der Waals surface area contributed by atoms with Crippen molar-refractivity contribution in [2.24, 2.45) is 0 Å². The van der Waals surface area contributed by atoms with Gasteiger partial charge in [-0.25, -0.2) is 8.42 Å². The van der Waals surface area contributed by atoms with E-state index in [2.05, 4.69) is 0 Å². The monoisotopic (exact) mass is 414 g/mol. The van der Waals surface area contributed by atoms with Gasteiger partial charge in [0, 0.05) is 19.2 Å². The SMILES string of the molecule is C[C@H](C(=O)N(C)[C@H]1CCS(=O)(=O)C1)N1C(=O)/C(=C\c2ccco2)SC1=S. The van der Waals surface area contributed by atoms with E-state index < -0.39 is 15.9 Å². The highest BCUT2D eigenvalue weighted by Crippen LogP contribution is 2.34. The maximum Gasteiger partial charge on any atom is 0.267 e. The van der Waals surface area contributed by atoms with Crippen LogP contribution in [0.1, 0.15) is 19.1 Å². The van der Waals surface area contributed by atoms with Crippen LogP contribution in [0.25, 0.3) is 6.08 Å². The van der Waals surface area contributed by atoms with Crippen molar-refractivity contribution in [3.8, 4) is 0 Å². The number of likely N-dealkylation sites (N-methyl/N-ethyl adjacent to an activating group) is 1. The van der Waals surface area contributed by atoms with E-state index in [1.54, 1.807) is 32.2 Å². The predicted molar refractivity (Wildman–Crippen MR) is 103 cm³/mol. The summed E-state index contributed by atoms with van der Waals surface area (Å²) in [7, 11) is -1.53. The fourth-order valence-corrected chi connectivity index (χ4v) is 6.16. The molecule has 2 aliphatic heterocycles. The molecule has 10 heteroatoms. The van der Waals surface area contributed by atoms with Gasteiger partial charge in [-0.05, 0) is 25.5 Å². The number of furan rings is 1. The first-order chi connectivity index (χ1) is 12.2. The average molecular weight is 415 g/mol. The summed E-state index contributed by atoms with van der Waals surface area (Å²) in [6, 6.07) is 2.25. The number of rotatable bonds is 4. The molecule has 0 aliphatic carbocycles. The molecule has 140 valence electrons. The molecule has 2 fully saturated rings. The van der Waals surface area contributed by atoms with Crippen LogP contribution >= 0.6 is 24.0 Å². The summed E-state index contributed by atoms with van der Waals surface area (Å²) in [5, 5.41) is 0. The number of carbonyl (C=O) groups is 2. The lowest BCUT2D eigenvalue weighted by atomic mass is 10.2. The number of hydrogen-bond acceptors (Lipinski definition) is 7. The smallest absolute Gasteiger partial charge is 0.267 e. The zero-order chi connectivity index (χ0) is 19.1. The molecule has 2 saturated heterocycles. The van der Waals surface area contributed by atoms with Crippen LogP contribution in [0.2, 0.25) is 0 Å². The lowest BCUT2D eigenvalue weighted by molar-refractivity contribution is -0.139. The van der Waals surface area contributed by atoms with Crippen LogP contribution in [0.5, 0.6) is 0 Å². The predicted octanol–water partition coefficient (Wildman–Crippen LogP) is 1.51. The Morgan fingerprint density at radius 1 is 1.54 bits per heavy atom. The number of hydrogen-bond donors (Lipinski definition) is 0. The number of sulfone groups is 1. The zero-order valence-electron chi connectivity index (χ0n) is 14.2. The van der Waals surface area contributed by atoms with E-state index in [-0.39, 0.29) is 29.4 Å². The van der Waals surface area contributed by atoms with Gasteiger partial charge in [-0.15, -0.1) is 0 Å². The lowest BCUT2D eigenvalue weighted by Crippen LogP contribution is -2.50. The minimum absolute atomic E-state index is 0.0429. The molecule has 0 spiro atoms. The molecule has 0 aromatic carbocycles. The summed E-state index contributed by atoms with van der Waals surface area (Å²) < 4.78 is 28.8. The fourth-order valence-electron chi connectivity index (χ4n) is 2.98. The number of amides is 2. The van der Waals surface area contributed by atoms with Gasteiger partial charge in [0.2, 0.25) is 5.91 Å². The third-order valence-corrected chi connectivity index (χ3v) is 7.57. The van der Waals surface area contributed by atoms with Gasteiger partial charge < -0.3 is 9.32 Å². The Kier molecular flexibility index (Phi) is 5.27. The van der Waals surface area contributed by atoms with Crippen molar-refractivity contribution in [3.63, 3.8) is 0 Å². The summed E-state index contributed by atoms with van der Waals surface area (Å²) in [5.41, 5.74) is 0. The second kappa shape index (κ2) is 7.16. The number of carbonyl (C=O) groups excluding carboxylic acids is 2. The summed E-state index contributed by atoms with van der Waals surface area (Å²) in [5.74, 6) is -0.125. The Labute approximate surface area is 161 Å². The largest absolute Gasteiger partial charge is 0.465 e. The molecule has 2 aliphatic rings. The number of nitrogens with zero attached hydrogens (tertiary/aromatic N) is 2. The van der Waals surface area contributed by atoms with E-state index in [1.807, 2.05) is 0 Å². The highest BCUT2D eigenvalue weighted by molar-refractivity contribution is 8.26. The summed E-state index contributed by atoms with van der Waals surface area (Å²) in [4.78, 5) is 28.5. The maximum absolute atomic E-state index is 12.8. The van der Waals surface area contributed by atoms with E-state index in [0.29, 0.717) is 21.4 Å². The summed E-state index contributed by atoms with van der Waals surface area (Å²) in [6.45, 7) is 1.60. The zero-order valence-corrected chi connectivity index (χ0v) is 16.7. The first kappa shape index (κ1) is 19.1. The molecule has 7 nitrogen and oxygen atoms in total. The molecule has 2 atom stereocenters. The molecule has 0 bridgehead atoms. The molecule has 3 rings (SSSR count). The molecular formula is C16H18N2O5S3. The van der Waals surface area contributed by atoms with Gasteiger partial charge >= 0.3 is 0 Å². The van der Waals surface area contributed by atoms with Gasteiger partial charge in [-0.1, -0.05) is 24.0 Å². The second-order valence-electron chi connectivity index (χ2n) is 6.25. The van der Waals surface area contributed by atoms with Crippen LogP contribution < -0.4 is 0 Å². The van der Waals surface area contributed by atoms with Gasteiger partial charge in [0.25, 0.3) is 5.91 Å². The van der Waals surface area contributed by atoms with Gasteiger partial charge in [0.1, 0.15) is 16.1 Å². The Balaban J connectivity index is 1.74. The maximum atomic E-state index is 12.8. The molecule has 1 aromatic heterocycles. The van der Waals surface area contributed by atoms with Crippen LogP contribution in [0.4, 0.5) is 0 Å². The minimum Gasteiger partial charge on any atom is -0.465 e.